The van der Waals surface area contributed by atoms with E-state index in [1.54, 1.807) is 12.3 Å². The average Bonchev–Trinajstić information content (AvgIpc) is 2.48. The zero-order valence-corrected chi connectivity index (χ0v) is 13.9. The van der Waals surface area contributed by atoms with Crippen molar-refractivity contribution in [3.05, 3.63) is 29.5 Å². The van der Waals surface area contributed by atoms with Crippen LogP contribution in [0.2, 0.25) is 0 Å². The number of aromatic nitrogens is 3. The van der Waals surface area contributed by atoms with Gasteiger partial charge in [-0.05, 0) is 57.5 Å². The Hall–Kier alpha value is -2.21. The van der Waals surface area contributed by atoms with E-state index in [2.05, 4.69) is 32.4 Å². The van der Waals surface area contributed by atoms with E-state index in [1.807, 2.05) is 19.9 Å². The van der Waals surface area contributed by atoms with Gasteiger partial charge in [0.05, 0.1) is 11.8 Å². The summed E-state index contributed by atoms with van der Waals surface area (Å²) in [5.41, 5.74) is 2.60. The maximum absolute atomic E-state index is 10.2. The summed E-state index contributed by atoms with van der Waals surface area (Å²) in [5, 5.41) is 22.0. The first-order valence-corrected chi connectivity index (χ1v) is 7.98. The molecule has 0 aliphatic carbocycles. The lowest BCUT2D eigenvalue weighted by molar-refractivity contribution is 0.260. The molecular formula is C17H23N5O. The molecule has 1 unspecified atom stereocenters. The van der Waals surface area contributed by atoms with Gasteiger partial charge in [0, 0.05) is 12.6 Å². The van der Waals surface area contributed by atoms with Gasteiger partial charge in [-0.15, -0.1) is 10.2 Å². The number of hydrogen-bond donors (Lipinski definition) is 2. The van der Waals surface area contributed by atoms with Crippen molar-refractivity contribution >= 4 is 5.82 Å². The van der Waals surface area contributed by atoms with Gasteiger partial charge in [-0.1, -0.05) is 6.07 Å². The van der Waals surface area contributed by atoms with Crippen LogP contribution in [0.5, 0.6) is 5.75 Å². The van der Waals surface area contributed by atoms with Crippen LogP contribution in [0.3, 0.4) is 0 Å². The molecule has 122 valence electrons. The third-order valence-corrected chi connectivity index (χ3v) is 4.22. The number of benzene rings is 1. The Bertz CT molecular complexity index is 663. The Kier molecular flexibility index (Phi) is 4.43. The van der Waals surface area contributed by atoms with E-state index in [1.165, 1.54) is 6.42 Å². The summed E-state index contributed by atoms with van der Waals surface area (Å²) in [6, 6.07) is 4.10. The SMILES string of the molecule is Cc1cc(C)c(-c2ncc(NC3CCCN(C)C3)nn2)c(O)c1. The molecular weight excluding hydrogens is 290 g/mol. The average molecular weight is 313 g/mol. The van der Waals surface area contributed by atoms with Crippen LogP contribution in [0.1, 0.15) is 24.0 Å². The van der Waals surface area contributed by atoms with Crippen LogP contribution in [-0.2, 0) is 0 Å². The zero-order valence-electron chi connectivity index (χ0n) is 13.9. The maximum Gasteiger partial charge on any atom is 0.185 e. The van der Waals surface area contributed by atoms with Crippen molar-refractivity contribution in [2.75, 3.05) is 25.5 Å². The second kappa shape index (κ2) is 6.50. The number of rotatable bonds is 3. The first-order valence-electron chi connectivity index (χ1n) is 7.98. The number of likely N-dealkylation sites (tertiary alicyclic amines) is 1. The minimum Gasteiger partial charge on any atom is -0.507 e. The van der Waals surface area contributed by atoms with Gasteiger partial charge in [0.1, 0.15) is 5.75 Å². The molecule has 1 fully saturated rings. The topological polar surface area (TPSA) is 74.2 Å². The fourth-order valence-corrected chi connectivity index (χ4v) is 3.19. The highest BCUT2D eigenvalue weighted by molar-refractivity contribution is 5.68. The summed E-state index contributed by atoms with van der Waals surface area (Å²) in [7, 11) is 2.13. The number of likely N-dealkylation sites (N-methyl/N-ethyl adjacent to an activating group) is 1. The molecule has 0 bridgehead atoms. The Morgan fingerprint density at radius 1 is 1.26 bits per heavy atom. The van der Waals surface area contributed by atoms with Crippen molar-refractivity contribution in [1.82, 2.24) is 20.1 Å². The molecule has 2 N–H and O–H groups in total. The Labute approximate surface area is 136 Å². The highest BCUT2D eigenvalue weighted by Crippen LogP contribution is 2.30. The van der Waals surface area contributed by atoms with E-state index in [0.717, 1.165) is 30.6 Å². The molecule has 1 aliphatic heterocycles. The monoisotopic (exact) mass is 313 g/mol. The number of aryl methyl sites for hydroxylation is 2. The van der Waals surface area contributed by atoms with Crippen LogP contribution in [0.4, 0.5) is 5.82 Å². The van der Waals surface area contributed by atoms with Crippen LogP contribution in [-0.4, -0.2) is 51.4 Å². The molecule has 2 heterocycles. The minimum absolute atomic E-state index is 0.193. The van der Waals surface area contributed by atoms with E-state index in [9.17, 15) is 5.11 Å². The largest absolute Gasteiger partial charge is 0.507 e. The Balaban J connectivity index is 1.77. The van der Waals surface area contributed by atoms with Crippen LogP contribution < -0.4 is 5.32 Å². The Morgan fingerprint density at radius 2 is 2.09 bits per heavy atom. The number of nitrogens with zero attached hydrogens (tertiary/aromatic N) is 4. The van der Waals surface area contributed by atoms with Crippen molar-refractivity contribution in [3.8, 4) is 17.1 Å². The van der Waals surface area contributed by atoms with Crippen molar-refractivity contribution in [3.63, 3.8) is 0 Å². The van der Waals surface area contributed by atoms with Gasteiger partial charge in [0.25, 0.3) is 0 Å². The standard InChI is InChI=1S/C17H23N5O/c1-11-7-12(2)16(14(23)8-11)17-18-9-15(20-21-17)19-13-5-4-6-22(3)10-13/h7-9,13,23H,4-6,10H2,1-3H3,(H,19,20). The summed E-state index contributed by atoms with van der Waals surface area (Å²) in [5.74, 6) is 1.32. The van der Waals surface area contributed by atoms with Gasteiger partial charge in [-0.25, -0.2) is 4.98 Å². The third-order valence-electron chi connectivity index (χ3n) is 4.22. The molecule has 1 aromatic heterocycles. The minimum atomic E-state index is 0.193. The second-order valence-corrected chi connectivity index (χ2v) is 6.39. The number of piperidine rings is 1. The summed E-state index contributed by atoms with van der Waals surface area (Å²) < 4.78 is 0. The zero-order chi connectivity index (χ0) is 16.4. The highest BCUT2D eigenvalue weighted by Gasteiger charge is 2.18. The van der Waals surface area contributed by atoms with Gasteiger partial charge in [-0.2, -0.15) is 0 Å². The molecule has 0 radical (unpaired) electrons. The quantitative estimate of drug-likeness (QED) is 0.906. The number of phenolic OH excluding ortho intramolecular Hbond substituents is 1. The van der Waals surface area contributed by atoms with Gasteiger partial charge in [0.2, 0.25) is 0 Å². The molecule has 23 heavy (non-hydrogen) atoms. The van der Waals surface area contributed by atoms with E-state index in [-0.39, 0.29) is 5.75 Å². The number of anilines is 1. The fourth-order valence-electron chi connectivity index (χ4n) is 3.19. The summed E-state index contributed by atoms with van der Waals surface area (Å²) in [6.45, 7) is 6.04. The molecule has 2 aromatic rings. The van der Waals surface area contributed by atoms with Crippen molar-refractivity contribution in [2.45, 2.75) is 32.7 Å². The van der Waals surface area contributed by atoms with Crippen LogP contribution in [0, 0.1) is 13.8 Å². The third kappa shape index (κ3) is 3.59. The molecule has 0 saturated carbocycles. The van der Waals surface area contributed by atoms with Crippen LogP contribution in [0.25, 0.3) is 11.4 Å². The Morgan fingerprint density at radius 3 is 2.74 bits per heavy atom. The molecule has 0 amide bonds. The fraction of sp³-hybridized carbons (Fsp3) is 0.471. The van der Waals surface area contributed by atoms with E-state index < -0.39 is 0 Å². The molecule has 1 aromatic carbocycles. The van der Waals surface area contributed by atoms with Gasteiger partial charge >= 0.3 is 0 Å². The maximum atomic E-state index is 10.2. The van der Waals surface area contributed by atoms with Gasteiger partial charge in [0.15, 0.2) is 11.6 Å². The van der Waals surface area contributed by atoms with Gasteiger partial charge in [-0.3, -0.25) is 0 Å². The van der Waals surface area contributed by atoms with E-state index >= 15 is 0 Å². The van der Waals surface area contributed by atoms with Crippen LogP contribution in [0.15, 0.2) is 18.3 Å². The lowest BCUT2D eigenvalue weighted by Gasteiger charge is -2.30. The molecule has 1 aliphatic rings. The number of nitrogens with one attached hydrogen (secondary N) is 1. The molecule has 0 spiro atoms. The molecule has 1 atom stereocenters. The molecule has 3 rings (SSSR count). The summed E-state index contributed by atoms with van der Waals surface area (Å²) >= 11 is 0. The normalized spacial score (nSPS) is 18.8. The molecule has 1 saturated heterocycles. The van der Waals surface area contributed by atoms with Crippen LogP contribution >= 0.6 is 0 Å². The predicted octanol–water partition coefficient (Wildman–Crippen LogP) is 2.37. The summed E-state index contributed by atoms with van der Waals surface area (Å²) in [4.78, 5) is 6.68. The number of aromatic hydroxyl groups is 1. The molecule has 6 heteroatoms. The highest BCUT2D eigenvalue weighted by atomic mass is 16.3. The van der Waals surface area contributed by atoms with Crippen molar-refractivity contribution in [1.29, 1.82) is 0 Å². The molecule has 6 nitrogen and oxygen atoms in total. The van der Waals surface area contributed by atoms with Crippen molar-refractivity contribution < 1.29 is 5.11 Å². The first-order chi connectivity index (χ1) is 11.0. The predicted molar refractivity (Wildman–Crippen MR) is 90.5 cm³/mol. The second-order valence-electron chi connectivity index (χ2n) is 6.39. The van der Waals surface area contributed by atoms with Crippen molar-refractivity contribution in [2.24, 2.45) is 0 Å². The summed E-state index contributed by atoms with van der Waals surface area (Å²) in [6.07, 6.45) is 4.00. The lowest BCUT2D eigenvalue weighted by atomic mass is 10.0. The van der Waals surface area contributed by atoms with E-state index in [0.29, 0.717) is 23.2 Å². The van der Waals surface area contributed by atoms with E-state index in [4.69, 9.17) is 0 Å². The first kappa shape index (κ1) is 15.7. The number of hydrogen-bond acceptors (Lipinski definition) is 6. The number of phenols is 1. The lowest BCUT2D eigenvalue weighted by Crippen LogP contribution is -2.39. The smallest absolute Gasteiger partial charge is 0.185 e. The van der Waals surface area contributed by atoms with Gasteiger partial charge < -0.3 is 15.3 Å².